The molecular weight excluding hydrogens is 172 g/mol. The van der Waals surface area contributed by atoms with Crippen LogP contribution in [0, 0.1) is 5.92 Å². The Morgan fingerprint density at radius 1 is 0.929 bits per heavy atom. The molecule has 0 aromatic rings. The van der Waals surface area contributed by atoms with E-state index in [1.807, 2.05) is 0 Å². The number of methoxy groups -OCH3 is 1. The van der Waals surface area contributed by atoms with Crippen molar-refractivity contribution in [2.45, 2.75) is 65.2 Å². The molecule has 1 unspecified atom stereocenters. The van der Waals surface area contributed by atoms with E-state index in [4.69, 9.17) is 4.74 Å². The molecule has 1 heteroatoms. The van der Waals surface area contributed by atoms with E-state index in [-0.39, 0.29) is 0 Å². The summed E-state index contributed by atoms with van der Waals surface area (Å²) in [6.45, 7) is 5.54. The first kappa shape index (κ1) is 14.0. The van der Waals surface area contributed by atoms with E-state index in [0.29, 0.717) is 0 Å². The smallest absolute Gasteiger partial charge is 0.0464 e. The molecule has 0 aliphatic carbocycles. The highest BCUT2D eigenvalue weighted by molar-refractivity contribution is 4.53. The zero-order valence-electron chi connectivity index (χ0n) is 10.3. The van der Waals surface area contributed by atoms with Crippen LogP contribution in [0.15, 0.2) is 0 Å². The summed E-state index contributed by atoms with van der Waals surface area (Å²) in [6.07, 6.45) is 11.1. The summed E-state index contributed by atoms with van der Waals surface area (Å²) >= 11 is 0. The summed E-state index contributed by atoms with van der Waals surface area (Å²) in [6, 6.07) is 0. The Hall–Kier alpha value is -0.0400. The van der Waals surface area contributed by atoms with Crippen molar-refractivity contribution >= 4 is 0 Å². The summed E-state index contributed by atoms with van der Waals surface area (Å²) in [5.74, 6) is 0.848. The Labute approximate surface area is 90.2 Å². The molecule has 0 radical (unpaired) electrons. The topological polar surface area (TPSA) is 9.23 Å². The summed E-state index contributed by atoms with van der Waals surface area (Å²) in [5, 5.41) is 0. The first-order valence-electron chi connectivity index (χ1n) is 6.30. The molecule has 0 aliphatic rings. The molecule has 0 spiro atoms. The minimum Gasteiger partial charge on any atom is -0.385 e. The average molecular weight is 200 g/mol. The van der Waals surface area contributed by atoms with Crippen LogP contribution in [0.4, 0.5) is 0 Å². The molecule has 0 amide bonds. The third kappa shape index (κ3) is 10.0. The van der Waals surface area contributed by atoms with Crippen molar-refractivity contribution in [3.8, 4) is 0 Å². The molecule has 14 heavy (non-hydrogen) atoms. The Morgan fingerprint density at radius 3 is 2.21 bits per heavy atom. The van der Waals surface area contributed by atoms with Crippen LogP contribution in [0.2, 0.25) is 0 Å². The standard InChI is InChI=1S/C13H28O/c1-4-5-6-7-8-9-10-13(2)11-12-14-3/h13H,4-12H2,1-3H3. The largest absolute Gasteiger partial charge is 0.385 e. The molecule has 0 fully saturated rings. The van der Waals surface area contributed by atoms with Gasteiger partial charge in [-0.2, -0.15) is 0 Å². The average Bonchev–Trinajstić information content (AvgIpc) is 2.20. The molecule has 0 heterocycles. The van der Waals surface area contributed by atoms with Crippen molar-refractivity contribution in [3.63, 3.8) is 0 Å². The van der Waals surface area contributed by atoms with Crippen LogP contribution >= 0.6 is 0 Å². The van der Waals surface area contributed by atoms with Crippen molar-refractivity contribution in [3.05, 3.63) is 0 Å². The van der Waals surface area contributed by atoms with Gasteiger partial charge in [-0.1, -0.05) is 58.8 Å². The van der Waals surface area contributed by atoms with Gasteiger partial charge in [0.25, 0.3) is 0 Å². The Morgan fingerprint density at radius 2 is 1.57 bits per heavy atom. The van der Waals surface area contributed by atoms with Gasteiger partial charge >= 0.3 is 0 Å². The molecule has 86 valence electrons. The predicted molar refractivity (Wildman–Crippen MR) is 63.7 cm³/mol. The molecule has 0 aliphatic heterocycles. The van der Waals surface area contributed by atoms with Crippen molar-refractivity contribution in [1.82, 2.24) is 0 Å². The second-order valence-corrected chi connectivity index (χ2v) is 4.44. The van der Waals surface area contributed by atoms with Crippen LogP contribution in [0.3, 0.4) is 0 Å². The molecule has 1 atom stereocenters. The molecule has 0 rings (SSSR count). The van der Waals surface area contributed by atoms with Gasteiger partial charge in [-0.25, -0.2) is 0 Å². The molecule has 0 aromatic carbocycles. The van der Waals surface area contributed by atoms with Gasteiger partial charge in [0.15, 0.2) is 0 Å². The predicted octanol–water partition coefficient (Wildman–Crippen LogP) is 4.41. The van der Waals surface area contributed by atoms with Crippen LogP contribution in [-0.4, -0.2) is 13.7 Å². The lowest BCUT2D eigenvalue weighted by Gasteiger charge is -2.09. The molecule has 0 saturated heterocycles. The van der Waals surface area contributed by atoms with E-state index in [1.54, 1.807) is 7.11 Å². The highest BCUT2D eigenvalue weighted by atomic mass is 16.5. The molecule has 0 bridgehead atoms. The van der Waals surface area contributed by atoms with Gasteiger partial charge in [0.2, 0.25) is 0 Å². The number of unbranched alkanes of at least 4 members (excludes halogenated alkanes) is 5. The molecule has 1 nitrogen and oxygen atoms in total. The quantitative estimate of drug-likeness (QED) is 0.475. The SMILES string of the molecule is CCCCCCCCC(C)CCOC. The van der Waals surface area contributed by atoms with Crippen molar-refractivity contribution in [1.29, 1.82) is 0 Å². The fourth-order valence-electron chi connectivity index (χ4n) is 1.74. The van der Waals surface area contributed by atoms with Gasteiger partial charge in [-0.05, 0) is 12.3 Å². The molecule has 0 saturated carbocycles. The number of ether oxygens (including phenoxy) is 1. The summed E-state index contributed by atoms with van der Waals surface area (Å²) in [7, 11) is 1.79. The third-order valence-corrected chi connectivity index (χ3v) is 2.87. The van der Waals surface area contributed by atoms with E-state index in [0.717, 1.165) is 12.5 Å². The van der Waals surface area contributed by atoms with Crippen molar-refractivity contribution in [2.24, 2.45) is 5.92 Å². The first-order valence-corrected chi connectivity index (χ1v) is 6.30. The van der Waals surface area contributed by atoms with Gasteiger partial charge in [0.1, 0.15) is 0 Å². The lowest BCUT2D eigenvalue weighted by molar-refractivity contribution is 0.177. The first-order chi connectivity index (χ1) is 6.81. The summed E-state index contributed by atoms with van der Waals surface area (Å²) < 4.78 is 5.07. The zero-order valence-corrected chi connectivity index (χ0v) is 10.3. The number of hydrogen-bond acceptors (Lipinski definition) is 1. The van der Waals surface area contributed by atoms with Gasteiger partial charge in [-0.15, -0.1) is 0 Å². The van der Waals surface area contributed by atoms with Crippen LogP contribution < -0.4 is 0 Å². The van der Waals surface area contributed by atoms with E-state index < -0.39 is 0 Å². The van der Waals surface area contributed by atoms with E-state index in [1.165, 1.54) is 51.4 Å². The van der Waals surface area contributed by atoms with Crippen LogP contribution in [0.1, 0.15) is 65.2 Å². The fraction of sp³-hybridized carbons (Fsp3) is 1.00. The minimum atomic E-state index is 0.848. The number of hydrogen-bond donors (Lipinski definition) is 0. The van der Waals surface area contributed by atoms with Gasteiger partial charge in [0, 0.05) is 13.7 Å². The maximum atomic E-state index is 5.07. The fourth-order valence-corrected chi connectivity index (χ4v) is 1.74. The molecule has 0 N–H and O–H groups in total. The Bertz CT molecular complexity index is 101. The molecular formula is C13H28O. The maximum absolute atomic E-state index is 5.07. The zero-order chi connectivity index (χ0) is 10.6. The monoisotopic (exact) mass is 200 g/mol. The Kier molecular flexibility index (Phi) is 11.0. The van der Waals surface area contributed by atoms with Crippen molar-refractivity contribution < 1.29 is 4.74 Å². The van der Waals surface area contributed by atoms with Crippen LogP contribution in [0.5, 0.6) is 0 Å². The second kappa shape index (κ2) is 11.0. The highest BCUT2D eigenvalue weighted by Gasteiger charge is 2.00. The lowest BCUT2D eigenvalue weighted by atomic mass is 9.99. The third-order valence-electron chi connectivity index (χ3n) is 2.87. The minimum absolute atomic E-state index is 0.848. The van der Waals surface area contributed by atoms with E-state index in [9.17, 15) is 0 Å². The van der Waals surface area contributed by atoms with Gasteiger partial charge in [0.05, 0.1) is 0 Å². The second-order valence-electron chi connectivity index (χ2n) is 4.44. The lowest BCUT2D eigenvalue weighted by Crippen LogP contribution is -1.99. The van der Waals surface area contributed by atoms with Crippen molar-refractivity contribution in [2.75, 3.05) is 13.7 Å². The van der Waals surface area contributed by atoms with E-state index >= 15 is 0 Å². The van der Waals surface area contributed by atoms with Crippen LogP contribution in [0.25, 0.3) is 0 Å². The number of rotatable bonds is 10. The summed E-state index contributed by atoms with van der Waals surface area (Å²) in [5.41, 5.74) is 0. The highest BCUT2D eigenvalue weighted by Crippen LogP contribution is 2.14. The summed E-state index contributed by atoms with van der Waals surface area (Å²) in [4.78, 5) is 0. The van der Waals surface area contributed by atoms with E-state index in [2.05, 4.69) is 13.8 Å². The Balaban J connectivity index is 3.02. The van der Waals surface area contributed by atoms with Crippen LogP contribution in [-0.2, 0) is 4.74 Å². The normalized spacial score (nSPS) is 13.1. The maximum Gasteiger partial charge on any atom is 0.0464 e. The van der Waals surface area contributed by atoms with Gasteiger partial charge in [-0.3, -0.25) is 0 Å². The molecule has 0 aromatic heterocycles. The van der Waals surface area contributed by atoms with Gasteiger partial charge < -0.3 is 4.74 Å².